The van der Waals surface area contributed by atoms with Gasteiger partial charge in [-0.1, -0.05) is 42.5 Å². The fourth-order valence-corrected chi connectivity index (χ4v) is 6.03. The molecule has 3 aromatic carbocycles. The maximum Gasteiger partial charge on any atom is 0.246 e. The zero-order valence-electron chi connectivity index (χ0n) is 20.0. The predicted octanol–water partition coefficient (Wildman–Crippen LogP) is 3.92. The van der Waals surface area contributed by atoms with E-state index in [1.165, 1.54) is 22.6 Å². The summed E-state index contributed by atoms with van der Waals surface area (Å²) in [6, 6.07) is 23.8. The van der Waals surface area contributed by atoms with Crippen LogP contribution < -0.4 is 4.90 Å². The Bertz CT molecular complexity index is 1640. The topological polar surface area (TPSA) is 76.3 Å². The van der Waals surface area contributed by atoms with E-state index in [0.717, 1.165) is 28.2 Å². The van der Waals surface area contributed by atoms with Gasteiger partial charge in [-0.25, -0.2) is 22.5 Å². The number of para-hydroxylation sites is 3. The fraction of sp³-hybridized carbons (Fsp3) is 0.185. The highest BCUT2D eigenvalue weighted by Gasteiger charge is 2.31. The van der Waals surface area contributed by atoms with Gasteiger partial charge in [0.15, 0.2) is 0 Å². The van der Waals surface area contributed by atoms with Crippen LogP contribution in [-0.2, 0) is 16.6 Å². The van der Waals surface area contributed by atoms with E-state index in [1.54, 1.807) is 23.0 Å². The molecule has 0 bridgehead atoms. The van der Waals surface area contributed by atoms with Crippen LogP contribution in [0.1, 0.15) is 5.56 Å². The number of rotatable bonds is 6. The van der Waals surface area contributed by atoms with Gasteiger partial charge < -0.3 is 9.47 Å². The van der Waals surface area contributed by atoms with Crippen LogP contribution in [-0.4, -0.2) is 58.2 Å². The van der Waals surface area contributed by atoms with Gasteiger partial charge in [0, 0.05) is 26.2 Å². The number of anilines is 1. The molecule has 5 aromatic rings. The van der Waals surface area contributed by atoms with Crippen molar-refractivity contribution in [2.75, 3.05) is 31.1 Å². The molecule has 1 aliphatic rings. The zero-order valence-corrected chi connectivity index (χ0v) is 20.8. The lowest BCUT2D eigenvalue weighted by Gasteiger charge is -2.34. The number of hydrogen-bond acceptors (Lipinski definition) is 5. The maximum absolute atomic E-state index is 13.4. The Morgan fingerprint density at radius 1 is 0.838 bits per heavy atom. The van der Waals surface area contributed by atoms with E-state index in [9.17, 15) is 12.8 Å². The molecule has 1 fully saturated rings. The average Bonchev–Trinajstić information content (AvgIpc) is 3.57. The number of nitrogens with zero attached hydrogens (tertiary/aromatic N) is 6. The van der Waals surface area contributed by atoms with E-state index in [-0.39, 0.29) is 10.7 Å². The van der Waals surface area contributed by atoms with Gasteiger partial charge in [0.1, 0.15) is 10.7 Å². The van der Waals surface area contributed by atoms with Gasteiger partial charge in [-0.05, 0) is 42.0 Å². The van der Waals surface area contributed by atoms with Crippen LogP contribution in [0.25, 0.3) is 16.7 Å². The van der Waals surface area contributed by atoms with Crippen LogP contribution >= 0.6 is 0 Å². The highest BCUT2D eigenvalue weighted by Crippen LogP contribution is 2.26. The number of sulfonamides is 1. The van der Waals surface area contributed by atoms with E-state index in [1.807, 2.05) is 54.6 Å². The third-order valence-corrected chi connectivity index (χ3v) is 8.48. The van der Waals surface area contributed by atoms with Crippen molar-refractivity contribution >= 4 is 27.0 Å². The van der Waals surface area contributed by atoms with Crippen LogP contribution in [0.4, 0.5) is 10.3 Å². The summed E-state index contributed by atoms with van der Waals surface area (Å²) in [5.41, 5.74) is 3.60. The molecule has 1 saturated heterocycles. The van der Waals surface area contributed by atoms with Crippen molar-refractivity contribution < 1.29 is 12.8 Å². The summed E-state index contributed by atoms with van der Waals surface area (Å²) in [4.78, 5) is 7.15. The SMILES string of the molecule is O=S(=O)(c1cnn(-c2ccccc2)c1)N1CCN(c2nc3ccccc3n2Cc2ccc(F)cc2)CC1. The molecule has 0 aliphatic carbocycles. The molecule has 37 heavy (non-hydrogen) atoms. The third-order valence-electron chi connectivity index (χ3n) is 6.63. The van der Waals surface area contributed by atoms with Crippen molar-refractivity contribution in [3.05, 3.63) is 103 Å². The molecule has 10 heteroatoms. The molecule has 1 aliphatic heterocycles. The number of piperazine rings is 1. The number of halogens is 1. The summed E-state index contributed by atoms with van der Waals surface area (Å²) in [6.07, 6.45) is 2.95. The smallest absolute Gasteiger partial charge is 0.246 e. The van der Waals surface area contributed by atoms with Crippen molar-refractivity contribution in [1.29, 1.82) is 0 Å². The predicted molar refractivity (Wildman–Crippen MR) is 140 cm³/mol. The van der Waals surface area contributed by atoms with Crippen molar-refractivity contribution in [2.24, 2.45) is 0 Å². The maximum atomic E-state index is 13.4. The van der Waals surface area contributed by atoms with Crippen LogP contribution in [0.3, 0.4) is 0 Å². The van der Waals surface area contributed by atoms with Gasteiger partial charge in [-0.15, -0.1) is 0 Å². The second kappa shape index (κ2) is 9.45. The number of aromatic nitrogens is 4. The Morgan fingerprint density at radius 2 is 1.54 bits per heavy atom. The lowest BCUT2D eigenvalue weighted by molar-refractivity contribution is 0.381. The van der Waals surface area contributed by atoms with Gasteiger partial charge in [0.2, 0.25) is 16.0 Å². The molecule has 0 unspecified atom stereocenters. The van der Waals surface area contributed by atoms with Crippen LogP contribution in [0.2, 0.25) is 0 Å². The van der Waals surface area contributed by atoms with E-state index in [0.29, 0.717) is 32.7 Å². The molecule has 3 heterocycles. The fourth-order valence-electron chi connectivity index (χ4n) is 4.67. The van der Waals surface area contributed by atoms with Crippen molar-refractivity contribution in [1.82, 2.24) is 23.6 Å². The Hall–Kier alpha value is -4.02. The number of hydrogen-bond donors (Lipinski definition) is 0. The van der Waals surface area contributed by atoms with Crippen LogP contribution in [0.5, 0.6) is 0 Å². The highest BCUT2D eigenvalue weighted by atomic mass is 32.2. The Balaban J connectivity index is 1.23. The van der Waals surface area contributed by atoms with Crippen molar-refractivity contribution in [3.63, 3.8) is 0 Å². The van der Waals surface area contributed by atoms with E-state index < -0.39 is 10.0 Å². The lowest BCUT2D eigenvalue weighted by Crippen LogP contribution is -2.49. The van der Waals surface area contributed by atoms with E-state index >= 15 is 0 Å². The molecular formula is C27H25FN6O2S. The first kappa shape index (κ1) is 23.4. The normalized spacial score (nSPS) is 14.9. The van der Waals surface area contributed by atoms with Gasteiger partial charge >= 0.3 is 0 Å². The molecular weight excluding hydrogens is 491 g/mol. The molecule has 0 amide bonds. The summed E-state index contributed by atoms with van der Waals surface area (Å²) in [7, 11) is -3.68. The summed E-state index contributed by atoms with van der Waals surface area (Å²) in [6.45, 7) is 2.20. The minimum Gasteiger partial charge on any atom is -0.340 e. The summed E-state index contributed by atoms with van der Waals surface area (Å²) < 4.78 is 45.3. The summed E-state index contributed by atoms with van der Waals surface area (Å²) in [5.74, 6) is 0.505. The minimum absolute atomic E-state index is 0.174. The first-order valence-electron chi connectivity index (χ1n) is 12.0. The first-order chi connectivity index (χ1) is 18.0. The molecule has 188 valence electrons. The average molecular weight is 517 g/mol. The number of fused-ring (bicyclic) bond motifs is 1. The standard InChI is InChI=1S/C27H25FN6O2S/c28-22-12-10-21(11-13-22)19-33-26-9-5-4-8-25(26)30-27(33)31-14-16-32(17-15-31)37(35,36)24-18-29-34(20-24)23-6-2-1-3-7-23/h1-13,18,20H,14-17,19H2. The van der Waals surface area contributed by atoms with Gasteiger partial charge in [0.05, 0.1) is 35.7 Å². The molecule has 0 spiro atoms. The first-order valence-corrected chi connectivity index (χ1v) is 13.5. The summed E-state index contributed by atoms with van der Waals surface area (Å²) in [5, 5.41) is 4.25. The molecule has 0 N–H and O–H groups in total. The van der Waals surface area contributed by atoms with E-state index in [2.05, 4.69) is 14.6 Å². The zero-order chi connectivity index (χ0) is 25.4. The second-order valence-corrected chi connectivity index (χ2v) is 10.9. The third kappa shape index (κ3) is 4.49. The van der Waals surface area contributed by atoms with Gasteiger partial charge in [-0.3, -0.25) is 0 Å². The van der Waals surface area contributed by atoms with E-state index in [4.69, 9.17) is 4.98 Å². The highest BCUT2D eigenvalue weighted by molar-refractivity contribution is 7.89. The number of imidazole rings is 1. The Kier molecular flexibility index (Phi) is 5.97. The van der Waals surface area contributed by atoms with Crippen LogP contribution in [0.15, 0.2) is 96.2 Å². The summed E-state index contributed by atoms with van der Waals surface area (Å²) >= 11 is 0. The molecule has 0 atom stereocenters. The van der Waals surface area contributed by atoms with Gasteiger partial charge in [-0.2, -0.15) is 9.40 Å². The number of benzene rings is 3. The molecule has 8 nitrogen and oxygen atoms in total. The monoisotopic (exact) mass is 516 g/mol. The molecule has 2 aromatic heterocycles. The lowest BCUT2D eigenvalue weighted by atomic mass is 10.2. The molecule has 0 radical (unpaired) electrons. The second-order valence-electron chi connectivity index (χ2n) is 8.96. The van der Waals surface area contributed by atoms with Crippen LogP contribution in [0, 0.1) is 5.82 Å². The van der Waals surface area contributed by atoms with Crippen molar-refractivity contribution in [3.8, 4) is 5.69 Å². The Labute approximate surface area is 214 Å². The Morgan fingerprint density at radius 3 is 2.30 bits per heavy atom. The van der Waals surface area contributed by atoms with Crippen molar-refractivity contribution in [2.45, 2.75) is 11.4 Å². The largest absolute Gasteiger partial charge is 0.340 e. The minimum atomic E-state index is -3.68. The quantitative estimate of drug-likeness (QED) is 0.342. The van der Waals surface area contributed by atoms with Gasteiger partial charge in [0.25, 0.3) is 0 Å². The molecule has 6 rings (SSSR count). The molecule has 0 saturated carbocycles.